The van der Waals surface area contributed by atoms with Crippen molar-refractivity contribution in [3.05, 3.63) is 57.8 Å². The highest BCUT2D eigenvalue weighted by Crippen LogP contribution is 2.29. The van der Waals surface area contributed by atoms with Gasteiger partial charge in [-0.2, -0.15) is 0 Å². The lowest BCUT2D eigenvalue weighted by Crippen LogP contribution is -2.47. The number of amides is 2. The van der Waals surface area contributed by atoms with Gasteiger partial charge in [0.05, 0.1) is 15.7 Å². The Bertz CT molecular complexity index is 836. The number of aromatic nitrogens is 1. The minimum atomic E-state index is -0.456. The van der Waals surface area contributed by atoms with Crippen molar-refractivity contribution in [2.45, 2.75) is 0 Å². The van der Waals surface area contributed by atoms with E-state index >= 15 is 0 Å². The van der Waals surface area contributed by atoms with Crippen LogP contribution in [0.4, 0.5) is 5.69 Å². The van der Waals surface area contributed by atoms with Gasteiger partial charge in [-0.1, -0.05) is 35.3 Å². The third-order valence-corrected chi connectivity index (χ3v) is 5.01. The molecule has 26 heavy (non-hydrogen) atoms. The topological polar surface area (TPSA) is 65.5 Å². The lowest BCUT2D eigenvalue weighted by atomic mass is 10.2. The molecule has 136 valence electrons. The number of benzene rings is 1. The number of anilines is 1. The average molecular weight is 393 g/mol. The van der Waals surface area contributed by atoms with E-state index in [9.17, 15) is 9.59 Å². The Morgan fingerprint density at radius 1 is 1.00 bits per heavy atom. The molecular weight excluding hydrogens is 375 g/mol. The van der Waals surface area contributed by atoms with Gasteiger partial charge in [-0.15, -0.1) is 0 Å². The maximum atomic E-state index is 12.6. The highest BCUT2D eigenvalue weighted by Gasteiger charge is 2.22. The first-order chi connectivity index (χ1) is 12.5. The molecule has 1 aliphatic rings. The van der Waals surface area contributed by atoms with Crippen LogP contribution in [0.1, 0.15) is 21.0 Å². The number of halogens is 2. The molecular formula is C18H18Cl2N4O2. The zero-order chi connectivity index (χ0) is 18.7. The van der Waals surface area contributed by atoms with Crippen LogP contribution in [0.15, 0.2) is 36.4 Å². The Hall–Kier alpha value is -2.15. The molecule has 2 heterocycles. The predicted octanol–water partition coefficient (Wildman–Crippen LogP) is 3.03. The number of nitrogens with zero attached hydrogens (tertiary/aromatic N) is 3. The molecule has 0 unspecified atom stereocenters. The van der Waals surface area contributed by atoms with Gasteiger partial charge < -0.3 is 15.1 Å². The van der Waals surface area contributed by atoms with E-state index in [0.717, 1.165) is 13.1 Å². The second-order valence-corrected chi connectivity index (χ2v) is 6.84. The van der Waals surface area contributed by atoms with Crippen molar-refractivity contribution in [3.63, 3.8) is 0 Å². The standard InChI is InChI=1S/C18H18Cl2N4O2/c1-23-8-10-24(11-9-23)18(26)15-7-3-6-14(21-15)17(25)22-13-5-2-4-12(19)16(13)20/h2-7H,8-11H2,1H3,(H,22,25). The monoisotopic (exact) mass is 392 g/mol. The lowest BCUT2D eigenvalue weighted by Gasteiger charge is -2.32. The van der Waals surface area contributed by atoms with Crippen molar-refractivity contribution >= 4 is 40.7 Å². The molecule has 1 saturated heterocycles. The molecule has 2 amide bonds. The van der Waals surface area contributed by atoms with Gasteiger partial charge in [-0.05, 0) is 31.3 Å². The minimum absolute atomic E-state index is 0.140. The van der Waals surface area contributed by atoms with Crippen LogP contribution in [-0.4, -0.2) is 59.8 Å². The van der Waals surface area contributed by atoms with Crippen molar-refractivity contribution in [3.8, 4) is 0 Å². The van der Waals surface area contributed by atoms with E-state index in [1.54, 1.807) is 41.3 Å². The van der Waals surface area contributed by atoms with Crippen molar-refractivity contribution in [1.82, 2.24) is 14.8 Å². The van der Waals surface area contributed by atoms with Crippen LogP contribution < -0.4 is 5.32 Å². The van der Waals surface area contributed by atoms with Gasteiger partial charge in [-0.25, -0.2) is 4.98 Å². The Labute approximate surface area is 161 Å². The predicted molar refractivity (Wildman–Crippen MR) is 102 cm³/mol. The first kappa shape index (κ1) is 18.6. The van der Waals surface area contributed by atoms with E-state index in [0.29, 0.717) is 23.8 Å². The first-order valence-corrected chi connectivity index (χ1v) is 8.91. The van der Waals surface area contributed by atoms with Gasteiger partial charge in [-0.3, -0.25) is 9.59 Å². The fourth-order valence-corrected chi connectivity index (χ4v) is 2.99. The van der Waals surface area contributed by atoms with Crippen molar-refractivity contribution < 1.29 is 9.59 Å². The van der Waals surface area contributed by atoms with Crippen LogP contribution in [0.2, 0.25) is 10.0 Å². The number of rotatable bonds is 3. The van der Waals surface area contributed by atoms with Crippen LogP contribution in [0, 0.1) is 0 Å². The molecule has 0 bridgehead atoms. The number of hydrogen-bond donors (Lipinski definition) is 1. The fourth-order valence-electron chi connectivity index (χ4n) is 2.64. The number of piperazine rings is 1. The summed E-state index contributed by atoms with van der Waals surface area (Å²) in [5.74, 6) is -0.629. The summed E-state index contributed by atoms with van der Waals surface area (Å²) in [7, 11) is 2.02. The molecule has 0 aliphatic carbocycles. The number of nitrogens with one attached hydrogen (secondary N) is 1. The van der Waals surface area contributed by atoms with E-state index in [2.05, 4.69) is 15.2 Å². The van der Waals surface area contributed by atoms with Crippen LogP contribution >= 0.6 is 23.2 Å². The summed E-state index contributed by atoms with van der Waals surface area (Å²) in [4.78, 5) is 33.2. The molecule has 1 fully saturated rings. The first-order valence-electron chi connectivity index (χ1n) is 8.16. The second kappa shape index (κ2) is 8.03. The summed E-state index contributed by atoms with van der Waals surface area (Å²) in [6.07, 6.45) is 0. The molecule has 1 aromatic heterocycles. The van der Waals surface area contributed by atoms with Crippen molar-refractivity contribution in [2.24, 2.45) is 0 Å². The second-order valence-electron chi connectivity index (χ2n) is 6.06. The fraction of sp³-hybridized carbons (Fsp3) is 0.278. The number of carbonyl (C=O) groups excluding carboxylic acids is 2. The Balaban J connectivity index is 1.75. The van der Waals surface area contributed by atoms with Gasteiger partial charge in [0.25, 0.3) is 11.8 Å². The number of pyridine rings is 1. The normalized spacial score (nSPS) is 15.0. The van der Waals surface area contributed by atoms with Gasteiger partial charge in [0.2, 0.25) is 0 Å². The summed E-state index contributed by atoms with van der Waals surface area (Å²) in [5, 5.41) is 3.27. The Kier molecular flexibility index (Phi) is 5.76. The van der Waals surface area contributed by atoms with E-state index in [1.807, 2.05) is 7.05 Å². The summed E-state index contributed by atoms with van der Waals surface area (Å²) in [6.45, 7) is 2.93. The van der Waals surface area contributed by atoms with E-state index < -0.39 is 5.91 Å². The minimum Gasteiger partial charge on any atom is -0.335 e. The van der Waals surface area contributed by atoms with E-state index in [-0.39, 0.29) is 22.3 Å². The average Bonchev–Trinajstić information content (AvgIpc) is 2.65. The van der Waals surface area contributed by atoms with Crippen LogP contribution in [-0.2, 0) is 0 Å². The number of hydrogen-bond acceptors (Lipinski definition) is 4. The largest absolute Gasteiger partial charge is 0.335 e. The molecule has 0 radical (unpaired) electrons. The van der Waals surface area contributed by atoms with Crippen LogP contribution in [0.3, 0.4) is 0 Å². The molecule has 3 rings (SSSR count). The summed E-state index contributed by atoms with van der Waals surface area (Å²) < 4.78 is 0. The summed E-state index contributed by atoms with van der Waals surface area (Å²) >= 11 is 12.0. The molecule has 0 atom stereocenters. The van der Waals surface area contributed by atoms with Gasteiger partial charge in [0, 0.05) is 26.2 Å². The zero-order valence-corrected chi connectivity index (χ0v) is 15.7. The maximum absolute atomic E-state index is 12.6. The van der Waals surface area contributed by atoms with Crippen LogP contribution in [0.25, 0.3) is 0 Å². The number of likely N-dealkylation sites (N-methyl/N-ethyl adjacent to an activating group) is 1. The van der Waals surface area contributed by atoms with E-state index in [1.165, 1.54) is 0 Å². The van der Waals surface area contributed by atoms with Gasteiger partial charge >= 0.3 is 0 Å². The molecule has 1 aromatic carbocycles. The molecule has 1 aliphatic heterocycles. The third kappa shape index (κ3) is 4.15. The highest BCUT2D eigenvalue weighted by atomic mass is 35.5. The number of carbonyl (C=O) groups is 2. The quantitative estimate of drug-likeness (QED) is 0.871. The molecule has 1 N–H and O–H groups in total. The molecule has 0 spiro atoms. The van der Waals surface area contributed by atoms with E-state index in [4.69, 9.17) is 23.2 Å². The Morgan fingerprint density at radius 3 is 2.38 bits per heavy atom. The SMILES string of the molecule is CN1CCN(C(=O)c2cccc(C(=O)Nc3cccc(Cl)c3Cl)n2)CC1. The third-order valence-electron chi connectivity index (χ3n) is 4.19. The molecule has 6 nitrogen and oxygen atoms in total. The molecule has 8 heteroatoms. The highest BCUT2D eigenvalue weighted by molar-refractivity contribution is 6.44. The smallest absolute Gasteiger partial charge is 0.274 e. The van der Waals surface area contributed by atoms with Crippen molar-refractivity contribution in [2.75, 3.05) is 38.5 Å². The summed E-state index contributed by atoms with van der Waals surface area (Å²) in [6, 6.07) is 9.77. The lowest BCUT2D eigenvalue weighted by molar-refractivity contribution is 0.0658. The van der Waals surface area contributed by atoms with Gasteiger partial charge in [0.1, 0.15) is 11.4 Å². The zero-order valence-electron chi connectivity index (χ0n) is 14.2. The summed E-state index contributed by atoms with van der Waals surface area (Å²) in [5.41, 5.74) is 0.780. The maximum Gasteiger partial charge on any atom is 0.274 e. The molecule has 2 aromatic rings. The Morgan fingerprint density at radius 2 is 1.65 bits per heavy atom. The van der Waals surface area contributed by atoms with Crippen LogP contribution in [0.5, 0.6) is 0 Å². The van der Waals surface area contributed by atoms with Crippen molar-refractivity contribution in [1.29, 1.82) is 0 Å². The van der Waals surface area contributed by atoms with Gasteiger partial charge in [0.15, 0.2) is 0 Å². The molecule has 0 saturated carbocycles.